The van der Waals surface area contributed by atoms with E-state index < -0.39 is 5.37 Å². The Balaban J connectivity index is 1.80. The fraction of sp³-hybridized carbons (Fsp3) is 0.429. The van der Waals surface area contributed by atoms with E-state index in [0.29, 0.717) is 19.6 Å². The molecule has 0 spiro atoms. The van der Waals surface area contributed by atoms with Crippen molar-refractivity contribution in [1.29, 1.82) is 0 Å². The Hall–Kier alpha value is -1.75. The molecule has 0 aliphatic carbocycles. The summed E-state index contributed by atoms with van der Waals surface area (Å²) in [6.45, 7) is 1.77. The average molecular weight is 294 g/mol. The average Bonchev–Trinajstić information content (AvgIpc) is 2.47. The third-order valence-electron chi connectivity index (χ3n) is 3.98. The van der Waals surface area contributed by atoms with Crippen LogP contribution in [0.2, 0.25) is 0 Å². The van der Waals surface area contributed by atoms with Gasteiger partial charge in [0.05, 0.1) is 5.69 Å². The number of benzene rings is 1. The number of urea groups is 1. The van der Waals surface area contributed by atoms with E-state index in [1.165, 1.54) is 0 Å². The summed E-state index contributed by atoms with van der Waals surface area (Å²) in [5.74, 6) is 0. The number of likely N-dealkylation sites (tertiary alicyclic amines) is 1. The zero-order valence-corrected chi connectivity index (χ0v) is 11.8. The van der Waals surface area contributed by atoms with E-state index in [4.69, 9.17) is 11.6 Å². The number of para-hydroxylation sites is 1. The lowest BCUT2D eigenvalue weighted by molar-refractivity contribution is 0.201. The third kappa shape index (κ3) is 2.33. The molecular weight excluding hydrogens is 278 g/mol. The summed E-state index contributed by atoms with van der Waals surface area (Å²) in [5.41, 5.74) is 2.11. The maximum Gasteiger partial charge on any atom is 0.322 e. The van der Waals surface area contributed by atoms with Crippen LogP contribution in [0, 0.1) is 0 Å². The predicted molar refractivity (Wildman–Crippen MR) is 77.0 cm³/mol. The Bertz CT molecular complexity index is 541. The van der Waals surface area contributed by atoms with Gasteiger partial charge in [-0.2, -0.15) is 0 Å². The normalized spacial score (nSPS) is 19.6. The summed E-state index contributed by atoms with van der Waals surface area (Å²) >= 11 is 5.49. The van der Waals surface area contributed by atoms with Crippen LogP contribution in [0.1, 0.15) is 18.4 Å². The summed E-state index contributed by atoms with van der Waals surface area (Å²) in [7, 11) is 0. The van der Waals surface area contributed by atoms with E-state index in [1.807, 2.05) is 29.2 Å². The van der Waals surface area contributed by atoms with Crippen LogP contribution in [-0.4, -0.2) is 35.4 Å². The molecule has 20 heavy (non-hydrogen) atoms. The van der Waals surface area contributed by atoms with Crippen LogP contribution in [0.25, 0.3) is 0 Å². The molecule has 5 nitrogen and oxygen atoms in total. The number of anilines is 1. The highest BCUT2D eigenvalue weighted by Crippen LogP contribution is 2.29. The molecule has 0 bridgehead atoms. The molecule has 3 rings (SSSR count). The van der Waals surface area contributed by atoms with Crippen molar-refractivity contribution in [2.45, 2.75) is 25.4 Å². The van der Waals surface area contributed by atoms with Crippen molar-refractivity contribution in [1.82, 2.24) is 10.2 Å². The summed E-state index contributed by atoms with van der Waals surface area (Å²) in [5, 5.41) is 2.49. The van der Waals surface area contributed by atoms with Gasteiger partial charge in [0, 0.05) is 25.7 Å². The SMILES string of the molecule is O=C(Cl)N1CCC(N2C(=O)NCc3ccccc32)CC1. The second-order valence-corrected chi connectivity index (χ2v) is 5.45. The van der Waals surface area contributed by atoms with E-state index in [0.717, 1.165) is 24.1 Å². The highest BCUT2D eigenvalue weighted by molar-refractivity contribution is 6.62. The van der Waals surface area contributed by atoms with Crippen molar-refractivity contribution in [3.05, 3.63) is 29.8 Å². The highest BCUT2D eigenvalue weighted by Gasteiger charge is 2.33. The fourth-order valence-corrected chi connectivity index (χ4v) is 3.09. The quantitative estimate of drug-likeness (QED) is 0.639. The van der Waals surface area contributed by atoms with Crippen molar-refractivity contribution in [3.63, 3.8) is 0 Å². The molecule has 1 saturated heterocycles. The van der Waals surface area contributed by atoms with E-state index in [2.05, 4.69) is 5.32 Å². The van der Waals surface area contributed by atoms with Gasteiger partial charge < -0.3 is 10.2 Å². The van der Waals surface area contributed by atoms with Crippen molar-refractivity contribution < 1.29 is 9.59 Å². The predicted octanol–water partition coefficient (Wildman–Crippen LogP) is 2.54. The molecule has 1 aromatic carbocycles. The minimum absolute atomic E-state index is 0.0562. The molecule has 0 unspecified atom stereocenters. The number of nitrogens with one attached hydrogen (secondary N) is 1. The van der Waals surface area contributed by atoms with E-state index in [1.54, 1.807) is 4.90 Å². The van der Waals surface area contributed by atoms with Crippen LogP contribution >= 0.6 is 11.6 Å². The Morgan fingerprint density at radius 1 is 1.25 bits per heavy atom. The second-order valence-electron chi connectivity index (χ2n) is 5.13. The van der Waals surface area contributed by atoms with Crippen LogP contribution < -0.4 is 10.2 Å². The fourth-order valence-electron chi connectivity index (χ4n) is 2.92. The third-order valence-corrected chi connectivity index (χ3v) is 4.22. The molecule has 0 saturated carbocycles. The van der Waals surface area contributed by atoms with Gasteiger partial charge in [0.25, 0.3) is 0 Å². The van der Waals surface area contributed by atoms with Gasteiger partial charge in [0.15, 0.2) is 0 Å². The summed E-state index contributed by atoms with van der Waals surface area (Å²) in [6.07, 6.45) is 1.50. The van der Waals surface area contributed by atoms with Crippen LogP contribution in [0.4, 0.5) is 15.3 Å². The first-order chi connectivity index (χ1) is 9.66. The maximum absolute atomic E-state index is 12.2. The summed E-state index contributed by atoms with van der Waals surface area (Å²) in [6, 6.07) is 7.99. The smallest absolute Gasteiger partial charge is 0.322 e. The number of carbonyl (C=O) groups is 2. The van der Waals surface area contributed by atoms with Gasteiger partial charge >= 0.3 is 11.4 Å². The molecule has 0 aromatic heterocycles. The van der Waals surface area contributed by atoms with Gasteiger partial charge in [-0.05, 0) is 36.1 Å². The maximum atomic E-state index is 12.2. The van der Waals surface area contributed by atoms with Gasteiger partial charge in [-0.3, -0.25) is 9.69 Å². The number of piperidine rings is 1. The Kier molecular flexibility index (Phi) is 3.53. The molecule has 2 aliphatic heterocycles. The number of fused-ring (bicyclic) bond motifs is 1. The molecule has 0 radical (unpaired) electrons. The van der Waals surface area contributed by atoms with Crippen LogP contribution in [0.15, 0.2) is 24.3 Å². The topological polar surface area (TPSA) is 52.7 Å². The van der Waals surface area contributed by atoms with E-state index in [9.17, 15) is 9.59 Å². The number of carbonyl (C=O) groups excluding carboxylic acids is 2. The van der Waals surface area contributed by atoms with Gasteiger partial charge in [-0.1, -0.05) is 18.2 Å². The monoisotopic (exact) mass is 293 g/mol. The lowest BCUT2D eigenvalue weighted by Crippen LogP contribution is -2.53. The molecule has 6 heteroatoms. The number of nitrogens with zero attached hydrogens (tertiary/aromatic N) is 2. The van der Waals surface area contributed by atoms with Crippen molar-refractivity contribution in [3.8, 4) is 0 Å². The van der Waals surface area contributed by atoms with Crippen LogP contribution in [-0.2, 0) is 6.54 Å². The minimum atomic E-state index is -0.410. The second kappa shape index (κ2) is 5.32. The highest BCUT2D eigenvalue weighted by atomic mass is 35.5. The molecule has 1 fully saturated rings. The largest absolute Gasteiger partial charge is 0.334 e. The summed E-state index contributed by atoms with van der Waals surface area (Å²) < 4.78 is 0. The van der Waals surface area contributed by atoms with Crippen LogP contribution in [0.5, 0.6) is 0 Å². The Morgan fingerprint density at radius 3 is 2.65 bits per heavy atom. The molecule has 1 N–H and O–H groups in total. The standard InChI is InChI=1S/C14H16ClN3O2/c15-13(19)17-7-5-11(6-8-17)18-12-4-2-1-3-10(12)9-16-14(18)20/h1-4,11H,5-9H2,(H,16,20). The molecule has 106 valence electrons. The van der Waals surface area contributed by atoms with Gasteiger partial charge in [0.2, 0.25) is 0 Å². The zero-order chi connectivity index (χ0) is 14.1. The molecule has 1 aromatic rings. The van der Waals surface area contributed by atoms with Gasteiger partial charge in [0.1, 0.15) is 0 Å². The molecule has 2 heterocycles. The van der Waals surface area contributed by atoms with Crippen molar-refractivity contribution in [2.75, 3.05) is 18.0 Å². The van der Waals surface area contributed by atoms with Gasteiger partial charge in [-0.15, -0.1) is 0 Å². The van der Waals surface area contributed by atoms with Gasteiger partial charge in [-0.25, -0.2) is 4.79 Å². The number of hydrogen-bond acceptors (Lipinski definition) is 2. The van der Waals surface area contributed by atoms with Crippen LogP contribution in [0.3, 0.4) is 0 Å². The number of halogens is 1. The molecular formula is C14H16ClN3O2. The number of rotatable bonds is 1. The Labute approximate surface area is 122 Å². The molecule has 0 atom stereocenters. The van der Waals surface area contributed by atoms with E-state index >= 15 is 0 Å². The Morgan fingerprint density at radius 2 is 1.95 bits per heavy atom. The molecule has 3 amide bonds. The lowest BCUT2D eigenvalue weighted by Gasteiger charge is -2.40. The van der Waals surface area contributed by atoms with Crippen molar-refractivity contribution >= 4 is 28.7 Å². The minimum Gasteiger partial charge on any atom is -0.334 e. The first kappa shape index (κ1) is 13.2. The first-order valence-corrected chi connectivity index (χ1v) is 7.14. The lowest BCUT2D eigenvalue weighted by atomic mass is 10.0. The summed E-state index contributed by atoms with van der Waals surface area (Å²) in [4.78, 5) is 26.8. The zero-order valence-electron chi connectivity index (χ0n) is 11.0. The van der Waals surface area contributed by atoms with Crippen molar-refractivity contribution in [2.24, 2.45) is 0 Å². The number of amides is 3. The first-order valence-electron chi connectivity index (χ1n) is 6.76. The molecule has 2 aliphatic rings. The van der Waals surface area contributed by atoms with E-state index in [-0.39, 0.29) is 12.1 Å². The number of hydrogen-bond donors (Lipinski definition) is 1.